The summed E-state index contributed by atoms with van der Waals surface area (Å²) in [5.41, 5.74) is 7.29. The Morgan fingerprint density at radius 1 is 1.13 bits per heavy atom. The van der Waals surface area contributed by atoms with Crippen molar-refractivity contribution in [3.05, 3.63) is 77.5 Å². The van der Waals surface area contributed by atoms with Crippen molar-refractivity contribution in [2.24, 2.45) is 5.73 Å². The number of halogens is 2. The Kier molecular flexibility index (Phi) is 6.47. The maximum Gasteiger partial charge on any atom is 0.253 e. The molecular weight excluding hydrogens is 488 g/mol. The Morgan fingerprint density at radius 3 is 2.58 bits per heavy atom. The summed E-state index contributed by atoms with van der Waals surface area (Å²) in [5.74, 6) is -1.44. The van der Waals surface area contributed by atoms with Crippen molar-refractivity contribution in [2.45, 2.75) is 38.5 Å². The zero-order chi connectivity index (χ0) is 27.2. The SMILES string of the molecule is CC(C)(O)Cn1ncc2cc(-c3ccc(C(=O)N4CCC(N)C4)cc3-c3ccc(C#N)c(F)c3)c(F)cc21. The fourth-order valence-corrected chi connectivity index (χ4v) is 4.88. The molecule has 1 atom stereocenters. The lowest BCUT2D eigenvalue weighted by atomic mass is 9.91. The Balaban J connectivity index is 1.65. The fraction of sp³-hybridized carbons (Fsp3) is 0.276. The van der Waals surface area contributed by atoms with Gasteiger partial charge in [0.25, 0.3) is 5.91 Å². The number of carbonyl (C=O) groups is 1. The van der Waals surface area contributed by atoms with Crippen molar-refractivity contribution < 1.29 is 18.7 Å². The molecule has 1 unspecified atom stereocenters. The van der Waals surface area contributed by atoms with Gasteiger partial charge in [0.2, 0.25) is 0 Å². The Hall–Kier alpha value is -4.13. The zero-order valence-corrected chi connectivity index (χ0v) is 21.1. The fourth-order valence-electron chi connectivity index (χ4n) is 4.88. The first-order chi connectivity index (χ1) is 18.0. The van der Waals surface area contributed by atoms with Crippen molar-refractivity contribution in [3.63, 3.8) is 0 Å². The minimum absolute atomic E-state index is 0.0801. The van der Waals surface area contributed by atoms with Gasteiger partial charge in [-0.25, -0.2) is 8.78 Å². The van der Waals surface area contributed by atoms with Gasteiger partial charge in [-0.3, -0.25) is 9.48 Å². The molecule has 0 saturated carbocycles. The predicted molar refractivity (Wildman–Crippen MR) is 140 cm³/mol. The normalized spacial score (nSPS) is 15.7. The van der Waals surface area contributed by atoms with Crippen LogP contribution >= 0.6 is 0 Å². The van der Waals surface area contributed by atoms with Gasteiger partial charge in [0, 0.05) is 41.7 Å². The zero-order valence-electron chi connectivity index (χ0n) is 21.1. The van der Waals surface area contributed by atoms with Crippen LogP contribution in [0.5, 0.6) is 0 Å². The third-order valence-electron chi connectivity index (χ3n) is 6.74. The van der Waals surface area contributed by atoms with Crippen LogP contribution in [0.25, 0.3) is 33.2 Å². The highest BCUT2D eigenvalue weighted by molar-refractivity contribution is 5.98. The summed E-state index contributed by atoms with van der Waals surface area (Å²) >= 11 is 0. The van der Waals surface area contributed by atoms with Gasteiger partial charge < -0.3 is 15.7 Å². The van der Waals surface area contributed by atoms with Crippen LogP contribution in [0.1, 0.15) is 36.2 Å². The first kappa shape index (κ1) is 25.5. The van der Waals surface area contributed by atoms with E-state index >= 15 is 4.39 Å². The number of aliphatic hydroxyl groups is 1. The second-order valence-electron chi connectivity index (χ2n) is 10.4. The summed E-state index contributed by atoms with van der Waals surface area (Å²) in [5, 5.41) is 24.3. The number of amides is 1. The molecule has 3 aromatic carbocycles. The number of nitrogens with zero attached hydrogens (tertiary/aromatic N) is 4. The van der Waals surface area contributed by atoms with Gasteiger partial charge in [-0.2, -0.15) is 10.4 Å². The molecule has 3 N–H and O–H groups in total. The first-order valence-corrected chi connectivity index (χ1v) is 12.3. The summed E-state index contributed by atoms with van der Waals surface area (Å²) in [7, 11) is 0. The van der Waals surface area contributed by atoms with E-state index in [4.69, 9.17) is 11.0 Å². The molecule has 1 aliphatic heterocycles. The molecule has 38 heavy (non-hydrogen) atoms. The highest BCUT2D eigenvalue weighted by Crippen LogP contribution is 2.37. The molecule has 1 aromatic heterocycles. The molecule has 1 saturated heterocycles. The molecular formula is C29H27F2N5O2. The Bertz CT molecular complexity index is 1600. The second kappa shape index (κ2) is 9.63. The van der Waals surface area contributed by atoms with Gasteiger partial charge in [-0.1, -0.05) is 12.1 Å². The number of likely N-dealkylation sites (tertiary alicyclic amines) is 1. The monoisotopic (exact) mass is 515 g/mol. The summed E-state index contributed by atoms with van der Waals surface area (Å²) < 4.78 is 31.8. The van der Waals surface area contributed by atoms with Crippen LogP contribution in [0.4, 0.5) is 8.78 Å². The van der Waals surface area contributed by atoms with Gasteiger partial charge in [0.05, 0.1) is 29.4 Å². The first-order valence-electron chi connectivity index (χ1n) is 12.3. The predicted octanol–water partition coefficient (Wildman–Crippen LogP) is 4.46. The van der Waals surface area contributed by atoms with Crippen LogP contribution < -0.4 is 5.73 Å². The lowest BCUT2D eigenvalue weighted by Crippen LogP contribution is -2.31. The third-order valence-corrected chi connectivity index (χ3v) is 6.74. The molecule has 1 amide bonds. The average molecular weight is 516 g/mol. The van der Waals surface area contributed by atoms with Gasteiger partial charge >= 0.3 is 0 Å². The van der Waals surface area contributed by atoms with E-state index in [1.54, 1.807) is 66.0 Å². The molecule has 2 heterocycles. The molecule has 0 radical (unpaired) electrons. The topological polar surface area (TPSA) is 108 Å². The van der Waals surface area contributed by atoms with Gasteiger partial charge in [-0.15, -0.1) is 0 Å². The van der Waals surface area contributed by atoms with E-state index in [0.29, 0.717) is 52.7 Å². The van der Waals surface area contributed by atoms with Crippen molar-refractivity contribution in [1.82, 2.24) is 14.7 Å². The van der Waals surface area contributed by atoms with Gasteiger partial charge in [-0.05, 0) is 67.3 Å². The number of hydrogen-bond acceptors (Lipinski definition) is 5. The van der Waals surface area contributed by atoms with Gasteiger partial charge in [0.1, 0.15) is 17.7 Å². The van der Waals surface area contributed by atoms with E-state index in [9.17, 15) is 14.3 Å². The Labute approximate surface area is 218 Å². The summed E-state index contributed by atoms with van der Waals surface area (Å²) in [6, 6.07) is 13.8. The smallest absolute Gasteiger partial charge is 0.253 e. The molecule has 194 valence electrons. The van der Waals surface area contributed by atoms with Crippen LogP contribution in [0.3, 0.4) is 0 Å². The number of aromatic nitrogens is 2. The lowest BCUT2D eigenvalue weighted by molar-refractivity contribution is 0.0591. The molecule has 0 bridgehead atoms. The molecule has 1 aliphatic rings. The average Bonchev–Trinajstić information content (AvgIpc) is 3.47. The molecule has 9 heteroatoms. The van der Waals surface area contributed by atoms with Crippen LogP contribution in [-0.2, 0) is 6.54 Å². The minimum atomic E-state index is -1.04. The maximum absolute atomic E-state index is 15.6. The number of hydrogen-bond donors (Lipinski definition) is 2. The van der Waals surface area contributed by atoms with Crippen LogP contribution in [0.15, 0.2) is 54.7 Å². The third kappa shape index (κ3) is 4.88. The molecule has 0 spiro atoms. The molecule has 1 fully saturated rings. The summed E-state index contributed by atoms with van der Waals surface area (Å²) in [6.07, 6.45) is 2.31. The van der Waals surface area contributed by atoms with Crippen LogP contribution in [-0.4, -0.2) is 50.4 Å². The number of rotatable bonds is 5. The summed E-state index contributed by atoms with van der Waals surface area (Å²) in [4.78, 5) is 14.9. The van der Waals surface area contributed by atoms with E-state index in [2.05, 4.69) is 5.10 Å². The number of carbonyl (C=O) groups excluding carboxylic acids is 1. The molecule has 4 aromatic rings. The number of benzene rings is 3. The van der Waals surface area contributed by atoms with Crippen molar-refractivity contribution in [1.29, 1.82) is 5.26 Å². The summed E-state index contributed by atoms with van der Waals surface area (Å²) in [6.45, 7) is 4.46. The van der Waals surface area contributed by atoms with E-state index < -0.39 is 17.2 Å². The van der Waals surface area contributed by atoms with Crippen molar-refractivity contribution in [2.75, 3.05) is 13.1 Å². The van der Waals surface area contributed by atoms with E-state index in [0.717, 1.165) is 0 Å². The van der Waals surface area contributed by atoms with Crippen molar-refractivity contribution in [3.8, 4) is 28.3 Å². The van der Waals surface area contributed by atoms with Crippen molar-refractivity contribution >= 4 is 16.8 Å². The largest absolute Gasteiger partial charge is 0.389 e. The highest BCUT2D eigenvalue weighted by atomic mass is 19.1. The Morgan fingerprint density at radius 2 is 1.92 bits per heavy atom. The number of fused-ring (bicyclic) bond motifs is 1. The number of nitrogens with two attached hydrogens (primary N) is 1. The van der Waals surface area contributed by atoms with Gasteiger partial charge in [0.15, 0.2) is 0 Å². The second-order valence-corrected chi connectivity index (χ2v) is 10.4. The lowest BCUT2D eigenvalue weighted by Gasteiger charge is -2.19. The molecule has 0 aliphatic carbocycles. The van der Waals surface area contributed by atoms with E-state index in [1.165, 1.54) is 18.2 Å². The molecule has 7 nitrogen and oxygen atoms in total. The highest BCUT2D eigenvalue weighted by Gasteiger charge is 2.26. The molecule has 5 rings (SSSR count). The maximum atomic E-state index is 15.6. The van der Waals surface area contributed by atoms with E-state index in [-0.39, 0.29) is 29.6 Å². The quantitative estimate of drug-likeness (QED) is 0.408. The standard InChI is InChI=1S/C29H27F2N5O2/c1-29(2,38)16-36-27-12-26(31)24(10-20(27)14-34-36)22-6-5-18(28(37)35-8-7-21(33)15-35)9-23(22)17-3-4-19(13-32)25(30)11-17/h3-6,9-12,14,21,38H,7-8,15-16,33H2,1-2H3. The van der Waals surface area contributed by atoms with Crippen LogP contribution in [0, 0.1) is 23.0 Å². The van der Waals surface area contributed by atoms with Crippen LogP contribution in [0.2, 0.25) is 0 Å². The van der Waals surface area contributed by atoms with E-state index in [1.807, 2.05) is 0 Å². The minimum Gasteiger partial charge on any atom is -0.389 e. The number of nitriles is 1.